The first-order valence-electron chi connectivity index (χ1n) is 6.96. The van der Waals surface area contributed by atoms with Gasteiger partial charge >= 0.3 is 0 Å². The molecule has 0 atom stereocenters. The molecule has 2 aromatic heterocycles. The van der Waals surface area contributed by atoms with Crippen molar-refractivity contribution in [1.29, 1.82) is 0 Å². The Labute approximate surface area is 118 Å². The van der Waals surface area contributed by atoms with Crippen molar-refractivity contribution in [2.75, 3.05) is 6.54 Å². The van der Waals surface area contributed by atoms with Crippen LogP contribution >= 0.6 is 11.3 Å². The van der Waals surface area contributed by atoms with Crippen LogP contribution in [0.15, 0.2) is 17.9 Å². The van der Waals surface area contributed by atoms with Gasteiger partial charge in [-0.3, -0.25) is 0 Å². The Morgan fingerprint density at radius 1 is 1.26 bits per heavy atom. The second kappa shape index (κ2) is 7.40. The van der Waals surface area contributed by atoms with Crippen LogP contribution in [0, 0.1) is 0 Å². The van der Waals surface area contributed by atoms with Crippen molar-refractivity contribution < 1.29 is 0 Å². The molecular formula is C14H22N4S. The number of aryl methyl sites for hydroxylation is 1. The van der Waals surface area contributed by atoms with E-state index in [1.165, 1.54) is 5.01 Å². The van der Waals surface area contributed by atoms with E-state index < -0.39 is 0 Å². The quantitative estimate of drug-likeness (QED) is 0.755. The van der Waals surface area contributed by atoms with E-state index in [1.807, 2.05) is 6.33 Å². The monoisotopic (exact) mass is 278 g/mol. The molecule has 104 valence electrons. The molecule has 2 rings (SSSR count). The van der Waals surface area contributed by atoms with Crippen molar-refractivity contribution in [2.45, 2.75) is 46.2 Å². The van der Waals surface area contributed by atoms with E-state index in [-0.39, 0.29) is 0 Å². The molecule has 0 saturated carbocycles. The van der Waals surface area contributed by atoms with Gasteiger partial charge in [0.05, 0.1) is 29.3 Å². The molecule has 19 heavy (non-hydrogen) atoms. The Hall–Kier alpha value is -1.20. The maximum atomic E-state index is 4.63. The van der Waals surface area contributed by atoms with Crippen molar-refractivity contribution in [3.63, 3.8) is 0 Å². The largest absolute Gasteiger partial charge is 0.331 e. The van der Waals surface area contributed by atoms with E-state index in [2.05, 4.69) is 45.3 Å². The fourth-order valence-corrected chi connectivity index (χ4v) is 2.81. The summed E-state index contributed by atoms with van der Waals surface area (Å²) >= 11 is 1.76. The lowest BCUT2D eigenvalue weighted by molar-refractivity contribution is 0.665. The molecule has 0 aliphatic heterocycles. The van der Waals surface area contributed by atoms with Crippen LogP contribution < -0.4 is 5.32 Å². The SMILES string of the molecule is CCCNCc1cn(Cc2csc(CCC)n2)cn1. The van der Waals surface area contributed by atoms with Gasteiger partial charge in [0.25, 0.3) is 0 Å². The van der Waals surface area contributed by atoms with Gasteiger partial charge in [-0.25, -0.2) is 9.97 Å². The third-order valence-electron chi connectivity index (χ3n) is 2.83. The average molecular weight is 278 g/mol. The molecule has 2 heterocycles. The summed E-state index contributed by atoms with van der Waals surface area (Å²) < 4.78 is 2.10. The Kier molecular flexibility index (Phi) is 5.54. The second-order valence-electron chi connectivity index (χ2n) is 4.70. The number of thiazole rings is 1. The van der Waals surface area contributed by atoms with Crippen LogP contribution in [0.5, 0.6) is 0 Å². The molecule has 0 spiro atoms. The summed E-state index contributed by atoms with van der Waals surface area (Å²) in [6, 6.07) is 0. The van der Waals surface area contributed by atoms with E-state index in [9.17, 15) is 0 Å². The molecule has 0 fully saturated rings. The summed E-state index contributed by atoms with van der Waals surface area (Å²) in [4.78, 5) is 9.04. The predicted octanol–water partition coefficient (Wildman–Crippen LogP) is 2.84. The maximum absolute atomic E-state index is 4.63. The van der Waals surface area contributed by atoms with Crippen LogP contribution in [0.25, 0.3) is 0 Å². The summed E-state index contributed by atoms with van der Waals surface area (Å²) in [7, 11) is 0. The van der Waals surface area contributed by atoms with Crippen LogP contribution in [0.4, 0.5) is 0 Å². The summed E-state index contributed by atoms with van der Waals surface area (Å²) in [5.41, 5.74) is 2.23. The molecule has 0 bridgehead atoms. The number of hydrogen-bond donors (Lipinski definition) is 1. The van der Waals surface area contributed by atoms with E-state index in [0.717, 1.165) is 50.3 Å². The highest BCUT2D eigenvalue weighted by Gasteiger charge is 2.03. The van der Waals surface area contributed by atoms with Crippen LogP contribution in [-0.2, 0) is 19.5 Å². The molecule has 0 aromatic carbocycles. The van der Waals surface area contributed by atoms with Crippen molar-refractivity contribution in [1.82, 2.24) is 19.9 Å². The third kappa shape index (κ3) is 4.44. The Morgan fingerprint density at radius 3 is 2.95 bits per heavy atom. The van der Waals surface area contributed by atoms with Crippen LogP contribution in [0.2, 0.25) is 0 Å². The molecular weight excluding hydrogens is 256 g/mol. The van der Waals surface area contributed by atoms with E-state index in [0.29, 0.717) is 0 Å². The summed E-state index contributed by atoms with van der Waals surface area (Å²) in [5, 5.41) is 6.75. The Balaban J connectivity index is 1.87. The van der Waals surface area contributed by atoms with Crippen molar-refractivity contribution in [3.05, 3.63) is 34.3 Å². The minimum absolute atomic E-state index is 0.820. The molecule has 5 heteroatoms. The van der Waals surface area contributed by atoms with Gasteiger partial charge in [-0.2, -0.15) is 0 Å². The normalized spacial score (nSPS) is 11.1. The van der Waals surface area contributed by atoms with Crippen LogP contribution in [0.1, 0.15) is 43.1 Å². The summed E-state index contributed by atoms with van der Waals surface area (Å²) in [6.45, 7) is 7.06. The van der Waals surface area contributed by atoms with Gasteiger partial charge in [0.2, 0.25) is 0 Å². The standard InChI is InChI=1S/C14H22N4S/c1-3-5-14-17-13(10-19-14)9-18-8-12(16-11-18)7-15-6-4-2/h8,10-11,15H,3-7,9H2,1-2H3. The number of nitrogens with zero attached hydrogens (tertiary/aromatic N) is 3. The fourth-order valence-electron chi connectivity index (χ4n) is 1.91. The highest BCUT2D eigenvalue weighted by atomic mass is 32.1. The van der Waals surface area contributed by atoms with E-state index in [1.54, 1.807) is 11.3 Å². The van der Waals surface area contributed by atoms with Crippen LogP contribution in [-0.4, -0.2) is 21.1 Å². The highest BCUT2D eigenvalue weighted by molar-refractivity contribution is 7.09. The molecule has 0 radical (unpaired) electrons. The van der Waals surface area contributed by atoms with Gasteiger partial charge < -0.3 is 9.88 Å². The Morgan fingerprint density at radius 2 is 2.16 bits per heavy atom. The van der Waals surface area contributed by atoms with Crippen molar-refractivity contribution >= 4 is 11.3 Å². The summed E-state index contributed by atoms with van der Waals surface area (Å²) in [6.07, 6.45) is 7.38. The van der Waals surface area contributed by atoms with Gasteiger partial charge in [-0.05, 0) is 25.8 Å². The van der Waals surface area contributed by atoms with E-state index >= 15 is 0 Å². The van der Waals surface area contributed by atoms with Gasteiger partial charge in [0.15, 0.2) is 0 Å². The fraction of sp³-hybridized carbons (Fsp3) is 0.571. The third-order valence-corrected chi connectivity index (χ3v) is 3.78. The predicted molar refractivity (Wildman–Crippen MR) is 79.4 cm³/mol. The number of imidazole rings is 1. The zero-order valence-electron chi connectivity index (χ0n) is 11.7. The molecule has 0 unspecified atom stereocenters. The van der Waals surface area contributed by atoms with Gasteiger partial charge in [0, 0.05) is 18.1 Å². The number of aromatic nitrogens is 3. The van der Waals surface area contributed by atoms with Gasteiger partial charge in [0.1, 0.15) is 0 Å². The number of hydrogen-bond acceptors (Lipinski definition) is 4. The lowest BCUT2D eigenvalue weighted by atomic mass is 10.3. The maximum Gasteiger partial charge on any atom is 0.0953 e. The minimum atomic E-state index is 0.820. The molecule has 0 aliphatic rings. The van der Waals surface area contributed by atoms with Crippen LogP contribution in [0.3, 0.4) is 0 Å². The lowest BCUT2D eigenvalue weighted by Crippen LogP contribution is -2.13. The first-order valence-corrected chi connectivity index (χ1v) is 7.84. The molecule has 1 N–H and O–H groups in total. The van der Waals surface area contributed by atoms with Crippen molar-refractivity contribution in [3.8, 4) is 0 Å². The molecule has 0 saturated heterocycles. The molecule has 0 aliphatic carbocycles. The van der Waals surface area contributed by atoms with E-state index in [4.69, 9.17) is 0 Å². The lowest BCUT2D eigenvalue weighted by Gasteiger charge is -1.99. The Bertz CT molecular complexity index is 489. The minimum Gasteiger partial charge on any atom is -0.331 e. The zero-order chi connectivity index (χ0) is 13.5. The number of rotatable bonds is 8. The van der Waals surface area contributed by atoms with Gasteiger partial charge in [-0.1, -0.05) is 13.8 Å². The number of nitrogens with one attached hydrogen (secondary N) is 1. The van der Waals surface area contributed by atoms with Crippen molar-refractivity contribution in [2.24, 2.45) is 0 Å². The first-order chi connectivity index (χ1) is 9.31. The second-order valence-corrected chi connectivity index (χ2v) is 5.64. The molecule has 0 amide bonds. The average Bonchev–Trinajstić information content (AvgIpc) is 3.01. The zero-order valence-corrected chi connectivity index (χ0v) is 12.5. The molecule has 4 nitrogen and oxygen atoms in total. The van der Waals surface area contributed by atoms with Gasteiger partial charge in [-0.15, -0.1) is 11.3 Å². The highest BCUT2D eigenvalue weighted by Crippen LogP contribution is 2.13. The summed E-state index contributed by atoms with van der Waals surface area (Å²) in [5.74, 6) is 0. The smallest absolute Gasteiger partial charge is 0.0953 e. The topological polar surface area (TPSA) is 42.7 Å². The first kappa shape index (κ1) is 14.2. The molecule has 2 aromatic rings.